The molecule has 0 aliphatic rings. The first-order valence-corrected chi connectivity index (χ1v) is 5.65. The van der Waals surface area contributed by atoms with Crippen LogP contribution in [0.15, 0.2) is 18.2 Å². The number of alkyl halides is 6. The summed E-state index contributed by atoms with van der Waals surface area (Å²) < 4.78 is 82.9. The summed E-state index contributed by atoms with van der Waals surface area (Å²) in [5.41, 5.74) is -2.16. The van der Waals surface area contributed by atoms with Crippen molar-refractivity contribution in [2.75, 3.05) is 6.61 Å². The van der Waals surface area contributed by atoms with Crippen molar-refractivity contribution in [1.29, 1.82) is 0 Å². The quantitative estimate of drug-likeness (QED) is 0.627. The van der Waals surface area contributed by atoms with Crippen LogP contribution in [0.1, 0.15) is 18.1 Å². The van der Waals surface area contributed by atoms with Crippen molar-refractivity contribution in [1.82, 2.24) is 0 Å². The van der Waals surface area contributed by atoms with Crippen LogP contribution in [0.3, 0.4) is 0 Å². The number of carbonyl (C=O) groups excluding carboxylic acids is 1. The molecule has 0 aliphatic carbocycles. The number of hydrogen-bond acceptors (Lipinski definition) is 3. The molecule has 0 saturated heterocycles. The van der Waals surface area contributed by atoms with E-state index in [-0.39, 0.29) is 6.61 Å². The Morgan fingerprint density at radius 1 is 1.14 bits per heavy atom. The fourth-order valence-corrected chi connectivity index (χ4v) is 1.55. The number of benzene rings is 1. The predicted molar refractivity (Wildman–Crippen MR) is 58.5 cm³/mol. The lowest BCUT2D eigenvalue weighted by atomic mass is 10.1. The minimum atomic E-state index is -5.31. The zero-order chi connectivity index (χ0) is 16.3. The van der Waals surface area contributed by atoms with Gasteiger partial charge in [0.2, 0.25) is 0 Å². The summed E-state index contributed by atoms with van der Waals surface area (Å²) in [6.07, 6.45) is -11.1. The molecular formula is C12H10F6O3. The van der Waals surface area contributed by atoms with Gasteiger partial charge in [-0.2, -0.15) is 13.2 Å². The molecule has 0 aliphatic heterocycles. The maximum atomic E-state index is 12.7. The van der Waals surface area contributed by atoms with Gasteiger partial charge >= 0.3 is 18.5 Å². The number of para-hydroxylation sites is 1. The molecule has 0 unspecified atom stereocenters. The van der Waals surface area contributed by atoms with Gasteiger partial charge in [-0.25, -0.2) is 0 Å². The zero-order valence-corrected chi connectivity index (χ0v) is 10.6. The lowest BCUT2D eigenvalue weighted by molar-refractivity contribution is -0.276. The predicted octanol–water partition coefficient (Wildman–Crippen LogP) is 3.71. The lowest BCUT2D eigenvalue weighted by Gasteiger charge is -2.18. The van der Waals surface area contributed by atoms with Gasteiger partial charge in [-0.3, -0.25) is 4.79 Å². The number of carbonyl (C=O) groups is 1. The van der Waals surface area contributed by atoms with E-state index in [0.29, 0.717) is 6.07 Å². The Hall–Kier alpha value is -1.93. The van der Waals surface area contributed by atoms with Crippen LogP contribution in [0.5, 0.6) is 5.75 Å². The van der Waals surface area contributed by atoms with E-state index >= 15 is 0 Å². The molecule has 3 nitrogen and oxygen atoms in total. The molecule has 1 aromatic rings. The molecule has 0 heterocycles. The number of rotatable bonds is 4. The van der Waals surface area contributed by atoms with Crippen molar-refractivity contribution in [3.63, 3.8) is 0 Å². The minimum absolute atomic E-state index is 0.0484. The minimum Gasteiger partial charge on any atom is -0.466 e. The van der Waals surface area contributed by atoms with Crippen LogP contribution < -0.4 is 4.74 Å². The van der Waals surface area contributed by atoms with Crippen LogP contribution in [0.4, 0.5) is 26.3 Å². The molecule has 0 fully saturated rings. The molecule has 0 spiro atoms. The molecule has 0 saturated carbocycles. The first-order chi connectivity index (χ1) is 9.54. The molecule has 1 rings (SSSR count). The van der Waals surface area contributed by atoms with Gasteiger partial charge in [-0.1, -0.05) is 12.1 Å². The Labute approximate surface area is 115 Å². The summed E-state index contributed by atoms with van der Waals surface area (Å²) in [6, 6.07) is 2.27. The first-order valence-electron chi connectivity index (χ1n) is 5.65. The Bertz CT molecular complexity index is 507. The fourth-order valence-electron chi connectivity index (χ4n) is 1.55. The van der Waals surface area contributed by atoms with Crippen molar-refractivity contribution in [2.24, 2.45) is 0 Å². The van der Waals surface area contributed by atoms with Crippen LogP contribution >= 0.6 is 0 Å². The van der Waals surface area contributed by atoms with Crippen molar-refractivity contribution < 1.29 is 40.6 Å². The lowest BCUT2D eigenvalue weighted by Crippen LogP contribution is -2.22. The SMILES string of the molecule is CCOC(=O)Cc1cccc(C(F)(F)F)c1OC(F)(F)F. The highest BCUT2D eigenvalue weighted by molar-refractivity contribution is 5.74. The van der Waals surface area contributed by atoms with Crippen LogP contribution in [-0.4, -0.2) is 18.9 Å². The van der Waals surface area contributed by atoms with E-state index in [2.05, 4.69) is 9.47 Å². The number of ether oxygens (including phenoxy) is 2. The number of hydrogen-bond donors (Lipinski definition) is 0. The molecule has 1 aromatic carbocycles. The van der Waals surface area contributed by atoms with Gasteiger partial charge < -0.3 is 9.47 Å². The highest BCUT2D eigenvalue weighted by atomic mass is 19.4. The molecule has 0 aromatic heterocycles. The maximum absolute atomic E-state index is 12.7. The van der Waals surface area contributed by atoms with Gasteiger partial charge in [0, 0.05) is 5.56 Å². The zero-order valence-electron chi connectivity index (χ0n) is 10.6. The standard InChI is InChI=1S/C12H10F6O3/c1-2-20-9(19)6-7-4-3-5-8(11(13,14)15)10(7)21-12(16,17)18/h3-5H,2,6H2,1H3. The van der Waals surface area contributed by atoms with E-state index in [9.17, 15) is 31.1 Å². The summed E-state index contributed by atoms with van der Waals surface area (Å²) >= 11 is 0. The van der Waals surface area contributed by atoms with Gasteiger partial charge in [0.25, 0.3) is 0 Å². The molecule has 0 amide bonds. The van der Waals surface area contributed by atoms with Crippen LogP contribution in [0.25, 0.3) is 0 Å². The van der Waals surface area contributed by atoms with E-state index in [4.69, 9.17) is 0 Å². The van der Waals surface area contributed by atoms with Crippen molar-refractivity contribution in [3.8, 4) is 5.75 Å². The third kappa shape index (κ3) is 5.16. The number of halogens is 6. The smallest absolute Gasteiger partial charge is 0.466 e. The first kappa shape index (κ1) is 17.1. The highest BCUT2D eigenvalue weighted by Crippen LogP contribution is 2.40. The van der Waals surface area contributed by atoms with Gasteiger partial charge in [0.1, 0.15) is 5.75 Å². The average molecular weight is 316 g/mol. The second kappa shape index (κ2) is 6.23. The van der Waals surface area contributed by atoms with Crippen LogP contribution in [0.2, 0.25) is 0 Å². The van der Waals surface area contributed by atoms with E-state index in [1.807, 2.05) is 0 Å². The molecule has 21 heavy (non-hydrogen) atoms. The maximum Gasteiger partial charge on any atom is 0.573 e. The summed E-state index contributed by atoms with van der Waals surface area (Å²) in [7, 11) is 0. The molecule has 0 bridgehead atoms. The van der Waals surface area contributed by atoms with Crippen molar-refractivity contribution in [3.05, 3.63) is 29.3 Å². The van der Waals surface area contributed by atoms with Crippen LogP contribution in [0, 0.1) is 0 Å². The van der Waals surface area contributed by atoms with E-state index in [1.165, 1.54) is 6.92 Å². The summed E-state index contributed by atoms with van der Waals surface area (Å²) in [5.74, 6) is -2.39. The van der Waals surface area contributed by atoms with Gasteiger partial charge in [0.05, 0.1) is 18.6 Å². The molecule has 9 heteroatoms. The Morgan fingerprint density at radius 2 is 1.76 bits per heavy atom. The largest absolute Gasteiger partial charge is 0.573 e. The summed E-state index contributed by atoms with van der Waals surface area (Å²) in [4.78, 5) is 11.3. The fraction of sp³-hybridized carbons (Fsp3) is 0.417. The Kier molecular flexibility index (Phi) is 5.08. The van der Waals surface area contributed by atoms with Gasteiger partial charge in [0.15, 0.2) is 0 Å². The molecule has 0 atom stereocenters. The second-order valence-electron chi connectivity index (χ2n) is 3.82. The summed E-state index contributed by atoms with van der Waals surface area (Å²) in [6.45, 7) is 1.41. The third-order valence-electron chi connectivity index (χ3n) is 2.26. The Balaban J connectivity index is 3.26. The van der Waals surface area contributed by atoms with E-state index in [1.54, 1.807) is 0 Å². The van der Waals surface area contributed by atoms with Crippen LogP contribution in [-0.2, 0) is 22.1 Å². The highest BCUT2D eigenvalue weighted by Gasteiger charge is 2.40. The molecule has 0 radical (unpaired) electrons. The normalized spacial score (nSPS) is 12.1. The van der Waals surface area contributed by atoms with Gasteiger partial charge in [-0.15, -0.1) is 13.2 Å². The monoisotopic (exact) mass is 316 g/mol. The topological polar surface area (TPSA) is 35.5 Å². The third-order valence-corrected chi connectivity index (χ3v) is 2.26. The average Bonchev–Trinajstić information content (AvgIpc) is 2.28. The second-order valence-corrected chi connectivity index (χ2v) is 3.82. The Morgan fingerprint density at radius 3 is 2.24 bits per heavy atom. The van der Waals surface area contributed by atoms with E-state index < -0.39 is 41.8 Å². The van der Waals surface area contributed by atoms with Gasteiger partial charge in [-0.05, 0) is 13.0 Å². The molecule has 118 valence electrons. The summed E-state index contributed by atoms with van der Waals surface area (Å²) in [5, 5.41) is 0. The van der Waals surface area contributed by atoms with E-state index in [0.717, 1.165) is 12.1 Å². The molecular weight excluding hydrogens is 306 g/mol. The molecule has 0 N–H and O–H groups in total. The number of esters is 1. The van der Waals surface area contributed by atoms with Crippen molar-refractivity contribution in [2.45, 2.75) is 25.9 Å². The van der Waals surface area contributed by atoms with Crippen molar-refractivity contribution >= 4 is 5.97 Å².